The van der Waals surface area contributed by atoms with Crippen molar-refractivity contribution in [1.82, 2.24) is 19.5 Å². The van der Waals surface area contributed by atoms with Crippen LogP contribution in [0.1, 0.15) is 37.5 Å². The van der Waals surface area contributed by atoms with Crippen LogP contribution in [0.5, 0.6) is 0 Å². The van der Waals surface area contributed by atoms with Gasteiger partial charge in [-0.3, -0.25) is 19.5 Å². The molecule has 0 bridgehead atoms. The van der Waals surface area contributed by atoms with E-state index in [0.29, 0.717) is 47.7 Å². The molecule has 15 heteroatoms. The van der Waals surface area contributed by atoms with E-state index in [4.69, 9.17) is 9.84 Å². The maximum absolute atomic E-state index is 10.9. The first kappa shape index (κ1) is 27.7. The molecule has 0 aliphatic carbocycles. The Morgan fingerprint density at radius 2 is 1.92 bits per heavy atom. The van der Waals surface area contributed by atoms with Crippen molar-refractivity contribution in [2.75, 3.05) is 18.5 Å². The third kappa shape index (κ3) is 6.36. The van der Waals surface area contributed by atoms with Crippen LogP contribution in [0.25, 0.3) is 11.2 Å². The lowest BCUT2D eigenvalue weighted by Gasteiger charge is -2.17. The molecule has 1 fully saturated rings. The van der Waals surface area contributed by atoms with Crippen LogP contribution in [0.4, 0.5) is 11.6 Å². The highest BCUT2D eigenvalue weighted by atomic mass is 32.2. The van der Waals surface area contributed by atoms with Gasteiger partial charge in [0.05, 0.1) is 17.9 Å². The van der Waals surface area contributed by atoms with Crippen LogP contribution in [0.15, 0.2) is 35.6 Å². The van der Waals surface area contributed by atoms with E-state index in [1.165, 1.54) is 34.8 Å². The van der Waals surface area contributed by atoms with E-state index >= 15 is 0 Å². The fraction of sp³-hybridized carbons (Fsp3) is 0.478. The fourth-order valence-electron chi connectivity index (χ4n) is 4.01. The molecule has 4 rings (SSSR count). The minimum atomic E-state index is -1.32. The SMILES string of the molecule is O=C(O)CCCCCNc1nc(SCc2ccc([N+](=O)[O-])cc2)c2ncn([C@@H]3O[C@H](CO)[C@@H](O)[C@H]3O)c2n1. The highest BCUT2D eigenvalue weighted by molar-refractivity contribution is 7.98. The van der Waals surface area contributed by atoms with Gasteiger partial charge in [0, 0.05) is 30.9 Å². The van der Waals surface area contributed by atoms with Crippen molar-refractivity contribution in [3.8, 4) is 0 Å². The van der Waals surface area contributed by atoms with E-state index < -0.39 is 42.0 Å². The normalized spacial score (nSPS) is 21.1. The number of hydrogen-bond donors (Lipinski definition) is 5. The van der Waals surface area contributed by atoms with Crippen molar-refractivity contribution in [2.24, 2.45) is 0 Å². The fourth-order valence-corrected chi connectivity index (χ4v) is 4.94. The maximum Gasteiger partial charge on any atom is 0.303 e. The van der Waals surface area contributed by atoms with Gasteiger partial charge in [-0.1, -0.05) is 30.3 Å². The number of thioether (sulfide) groups is 1. The first-order chi connectivity index (χ1) is 18.3. The Hall–Kier alpha value is -3.37. The summed E-state index contributed by atoms with van der Waals surface area (Å²) in [4.78, 5) is 34.7. The van der Waals surface area contributed by atoms with Crippen LogP contribution in [0.2, 0.25) is 0 Å². The summed E-state index contributed by atoms with van der Waals surface area (Å²) in [6, 6.07) is 6.19. The summed E-state index contributed by atoms with van der Waals surface area (Å²) in [6.07, 6.45) is -1.10. The number of aliphatic carboxylic acids is 1. The third-order valence-electron chi connectivity index (χ3n) is 6.05. The Morgan fingerprint density at radius 1 is 1.16 bits per heavy atom. The number of aliphatic hydroxyl groups excluding tert-OH is 3. The maximum atomic E-state index is 10.9. The molecule has 38 heavy (non-hydrogen) atoms. The zero-order valence-electron chi connectivity index (χ0n) is 20.2. The highest BCUT2D eigenvalue weighted by Crippen LogP contribution is 2.34. The Balaban J connectivity index is 1.56. The molecule has 0 amide bonds. The molecule has 1 aromatic carbocycles. The molecule has 204 valence electrons. The van der Waals surface area contributed by atoms with Crippen molar-refractivity contribution in [1.29, 1.82) is 0 Å². The number of carboxylic acids is 1. The average molecular weight is 549 g/mol. The van der Waals surface area contributed by atoms with Gasteiger partial charge in [0.1, 0.15) is 28.9 Å². The molecule has 1 aliphatic rings. The van der Waals surface area contributed by atoms with Crippen molar-refractivity contribution in [3.63, 3.8) is 0 Å². The molecule has 0 saturated carbocycles. The van der Waals surface area contributed by atoms with Gasteiger partial charge in [0.2, 0.25) is 5.95 Å². The molecule has 0 spiro atoms. The lowest BCUT2D eigenvalue weighted by Crippen LogP contribution is -2.33. The van der Waals surface area contributed by atoms with Gasteiger partial charge in [-0.15, -0.1) is 0 Å². The molecule has 5 N–H and O–H groups in total. The number of unbranched alkanes of at least 4 members (excludes halogenated alkanes) is 2. The summed E-state index contributed by atoms with van der Waals surface area (Å²) in [5.41, 5.74) is 1.61. The molecule has 2 aromatic heterocycles. The Kier molecular flexibility index (Phi) is 9.06. The topological polar surface area (TPSA) is 206 Å². The standard InChI is InChI=1S/C23H28N6O8S/c30-10-15-18(33)19(34)22(37-15)28-12-25-17-20(28)26-23(24-9-3-1-2-4-16(31)32)27-21(17)38-11-13-5-7-14(8-6-13)29(35)36/h5-8,12,15,18-19,22,30,33-34H,1-4,9-11H2,(H,31,32)(H,24,26,27)/t15-,18-,19-,22-/m1/s1. The van der Waals surface area contributed by atoms with E-state index in [0.717, 1.165) is 5.56 Å². The summed E-state index contributed by atoms with van der Waals surface area (Å²) >= 11 is 1.35. The smallest absolute Gasteiger partial charge is 0.303 e. The number of anilines is 1. The first-order valence-electron chi connectivity index (χ1n) is 12.0. The number of nitrogens with zero attached hydrogens (tertiary/aromatic N) is 5. The lowest BCUT2D eigenvalue weighted by molar-refractivity contribution is -0.384. The van der Waals surface area contributed by atoms with Crippen molar-refractivity contribution in [3.05, 3.63) is 46.3 Å². The lowest BCUT2D eigenvalue weighted by atomic mass is 10.1. The number of aliphatic hydroxyl groups is 3. The van der Waals surface area contributed by atoms with Gasteiger partial charge in [-0.2, -0.15) is 4.98 Å². The number of hydrogen-bond acceptors (Lipinski definition) is 12. The quantitative estimate of drug-likeness (QED) is 0.0678. The van der Waals surface area contributed by atoms with Crippen molar-refractivity contribution in [2.45, 2.75) is 61.0 Å². The van der Waals surface area contributed by atoms with Crippen LogP contribution in [-0.2, 0) is 15.3 Å². The molecule has 0 radical (unpaired) electrons. The van der Waals surface area contributed by atoms with Gasteiger partial charge in [-0.05, 0) is 18.4 Å². The van der Waals surface area contributed by atoms with E-state index in [1.807, 2.05) is 0 Å². The molecule has 0 unspecified atom stereocenters. The molecule has 1 aliphatic heterocycles. The second-order valence-electron chi connectivity index (χ2n) is 8.75. The number of aromatic nitrogens is 4. The number of imidazole rings is 1. The van der Waals surface area contributed by atoms with Gasteiger partial charge >= 0.3 is 5.97 Å². The zero-order chi connectivity index (χ0) is 27.2. The number of nitro benzene ring substituents is 1. The number of rotatable bonds is 13. The molecular weight excluding hydrogens is 520 g/mol. The number of carbonyl (C=O) groups is 1. The number of ether oxygens (including phenoxy) is 1. The van der Waals surface area contributed by atoms with Gasteiger partial charge < -0.3 is 30.5 Å². The molecule has 1 saturated heterocycles. The van der Waals surface area contributed by atoms with Crippen LogP contribution in [0, 0.1) is 10.1 Å². The van der Waals surface area contributed by atoms with E-state index in [2.05, 4.69) is 20.3 Å². The number of nitrogens with one attached hydrogen (secondary N) is 1. The summed E-state index contributed by atoms with van der Waals surface area (Å²) in [5.74, 6) is -0.102. The molecule has 3 heterocycles. The van der Waals surface area contributed by atoms with E-state index in [1.54, 1.807) is 12.1 Å². The number of benzene rings is 1. The molecule has 14 nitrogen and oxygen atoms in total. The van der Waals surface area contributed by atoms with E-state index in [-0.39, 0.29) is 18.1 Å². The average Bonchev–Trinajstić information content (AvgIpc) is 3.45. The highest BCUT2D eigenvalue weighted by Gasteiger charge is 2.44. The van der Waals surface area contributed by atoms with Crippen molar-refractivity contribution >= 4 is 40.5 Å². The number of fused-ring (bicyclic) bond motifs is 1. The second-order valence-corrected chi connectivity index (χ2v) is 9.71. The molecule has 3 aromatic rings. The van der Waals surface area contributed by atoms with Crippen LogP contribution in [-0.4, -0.2) is 82.3 Å². The van der Waals surface area contributed by atoms with Crippen LogP contribution < -0.4 is 5.32 Å². The summed E-state index contributed by atoms with van der Waals surface area (Å²) < 4.78 is 7.13. The predicted octanol–water partition coefficient (Wildman–Crippen LogP) is 1.70. The Morgan fingerprint density at radius 3 is 2.58 bits per heavy atom. The minimum Gasteiger partial charge on any atom is -0.481 e. The van der Waals surface area contributed by atoms with Crippen LogP contribution in [0.3, 0.4) is 0 Å². The van der Waals surface area contributed by atoms with Gasteiger partial charge in [0.15, 0.2) is 11.9 Å². The summed E-state index contributed by atoms with van der Waals surface area (Å²) in [7, 11) is 0. The monoisotopic (exact) mass is 548 g/mol. The number of carboxylic acid groups (broad SMARTS) is 1. The third-order valence-corrected chi connectivity index (χ3v) is 7.09. The second kappa shape index (κ2) is 12.4. The van der Waals surface area contributed by atoms with Crippen LogP contribution >= 0.6 is 11.8 Å². The Labute approximate surface area is 220 Å². The zero-order valence-corrected chi connectivity index (χ0v) is 21.0. The van der Waals surface area contributed by atoms with Crippen molar-refractivity contribution < 1.29 is 34.9 Å². The largest absolute Gasteiger partial charge is 0.481 e. The van der Waals surface area contributed by atoms with Gasteiger partial charge in [0.25, 0.3) is 5.69 Å². The first-order valence-corrected chi connectivity index (χ1v) is 13.0. The number of nitro groups is 1. The summed E-state index contributed by atoms with van der Waals surface area (Å²) in [5, 5.41) is 53.5. The molecule has 4 atom stereocenters. The minimum absolute atomic E-state index is 0.00440. The summed E-state index contributed by atoms with van der Waals surface area (Å²) in [6.45, 7) is 0.0287. The predicted molar refractivity (Wildman–Crippen MR) is 136 cm³/mol. The number of non-ortho nitro benzene ring substituents is 1. The molecular formula is C23H28N6O8S. The van der Waals surface area contributed by atoms with E-state index in [9.17, 15) is 30.2 Å². The Bertz CT molecular complexity index is 1270. The van der Waals surface area contributed by atoms with Gasteiger partial charge in [-0.25, -0.2) is 9.97 Å².